The van der Waals surface area contributed by atoms with E-state index in [9.17, 15) is 9.18 Å². The number of hydrogen-bond donors (Lipinski definition) is 2. The molecule has 6 heteroatoms. The summed E-state index contributed by atoms with van der Waals surface area (Å²) >= 11 is 6.35. The van der Waals surface area contributed by atoms with Crippen molar-refractivity contribution in [3.63, 3.8) is 0 Å². The second kappa shape index (κ2) is 5.06. The fraction of sp³-hybridized carbons (Fsp3) is 0.176. The quantitative estimate of drug-likeness (QED) is 0.716. The number of halogens is 2. The third kappa shape index (κ3) is 2.11. The molecule has 0 bridgehead atoms. The predicted molar refractivity (Wildman–Crippen MR) is 88.7 cm³/mol. The molecule has 1 aliphatic heterocycles. The van der Waals surface area contributed by atoms with Gasteiger partial charge in [0.2, 0.25) is 0 Å². The first-order chi connectivity index (χ1) is 11.1. The molecule has 2 heterocycles. The molecule has 2 N–H and O–H groups in total. The van der Waals surface area contributed by atoms with Crippen molar-refractivity contribution in [1.82, 2.24) is 10.2 Å². The SMILES string of the molecule is CC1Nc2cc(F)cc3c(=O)[nH]nc(c23)C1c1ccccc1Cl. The molecule has 0 saturated carbocycles. The molecule has 0 spiro atoms. The lowest BCUT2D eigenvalue weighted by molar-refractivity contribution is 0.622. The maximum atomic E-state index is 13.8. The Bertz CT molecular complexity index is 985. The summed E-state index contributed by atoms with van der Waals surface area (Å²) in [5.74, 6) is -0.591. The van der Waals surface area contributed by atoms with Crippen LogP contribution in [0.3, 0.4) is 0 Å². The molecule has 1 aromatic heterocycles. The van der Waals surface area contributed by atoms with E-state index in [1.165, 1.54) is 12.1 Å². The highest BCUT2D eigenvalue weighted by molar-refractivity contribution is 6.31. The van der Waals surface area contributed by atoms with Crippen LogP contribution in [0.4, 0.5) is 10.1 Å². The van der Waals surface area contributed by atoms with Crippen molar-refractivity contribution < 1.29 is 4.39 Å². The van der Waals surface area contributed by atoms with Gasteiger partial charge in [-0.05, 0) is 30.7 Å². The highest BCUT2D eigenvalue weighted by Crippen LogP contribution is 2.41. The molecule has 4 nitrogen and oxygen atoms in total. The van der Waals surface area contributed by atoms with Gasteiger partial charge in [0.1, 0.15) is 5.82 Å². The Morgan fingerprint density at radius 1 is 1.26 bits per heavy atom. The fourth-order valence-corrected chi connectivity index (χ4v) is 3.59. The number of aromatic amines is 1. The first-order valence-electron chi connectivity index (χ1n) is 7.29. The van der Waals surface area contributed by atoms with Gasteiger partial charge in [-0.3, -0.25) is 4.79 Å². The highest BCUT2D eigenvalue weighted by atomic mass is 35.5. The number of hydrogen-bond acceptors (Lipinski definition) is 3. The van der Waals surface area contributed by atoms with Crippen LogP contribution in [0.15, 0.2) is 41.2 Å². The third-order valence-electron chi connectivity index (χ3n) is 4.30. The minimum Gasteiger partial charge on any atom is -0.381 e. The number of rotatable bonds is 1. The van der Waals surface area contributed by atoms with Crippen molar-refractivity contribution in [3.05, 3.63) is 68.8 Å². The van der Waals surface area contributed by atoms with Gasteiger partial charge in [-0.25, -0.2) is 9.49 Å². The van der Waals surface area contributed by atoms with Crippen LogP contribution in [0.5, 0.6) is 0 Å². The highest BCUT2D eigenvalue weighted by Gasteiger charge is 2.32. The van der Waals surface area contributed by atoms with Crippen molar-refractivity contribution in [2.45, 2.75) is 18.9 Å². The molecule has 2 aromatic carbocycles. The van der Waals surface area contributed by atoms with Crippen LogP contribution in [-0.2, 0) is 0 Å². The normalized spacial score (nSPS) is 19.6. The Hall–Kier alpha value is -2.40. The summed E-state index contributed by atoms with van der Waals surface area (Å²) in [5.41, 5.74) is 1.81. The maximum Gasteiger partial charge on any atom is 0.272 e. The molecule has 1 aliphatic rings. The van der Waals surface area contributed by atoms with Gasteiger partial charge in [-0.2, -0.15) is 5.10 Å². The lowest BCUT2D eigenvalue weighted by atomic mass is 9.83. The van der Waals surface area contributed by atoms with Gasteiger partial charge in [0.15, 0.2) is 0 Å². The molecule has 2 atom stereocenters. The zero-order chi connectivity index (χ0) is 16.1. The van der Waals surface area contributed by atoms with Gasteiger partial charge in [0, 0.05) is 22.1 Å². The molecule has 116 valence electrons. The van der Waals surface area contributed by atoms with Gasteiger partial charge in [0.05, 0.1) is 17.0 Å². The van der Waals surface area contributed by atoms with Crippen LogP contribution in [-0.4, -0.2) is 16.2 Å². The van der Waals surface area contributed by atoms with Crippen molar-refractivity contribution in [2.24, 2.45) is 0 Å². The summed E-state index contributed by atoms with van der Waals surface area (Å²) in [4.78, 5) is 12.0. The van der Waals surface area contributed by atoms with E-state index in [2.05, 4.69) is 15.5 Å². The molecule has 0 fully saturated rings. The van der Waals surface area contributed by atoms with Crippen molar-refractivity contribution in [2.75, 3.05) is 5.32 Å². The predicted octanol–water partition coefficient (Wildman–Crippen LogP) is 3.66. The van der Waals surface area contributed by atoms with Crippen molar-refractivity contribution in [3.8, 4) is 0 Å². The lowest BCUT2D eigenvalue weighted by Gasteiger charge is -2.32. The topological polar surface area (TPSA) is 57.8 Å². The average molecular weight is 330 g/mol. The van der Waals surface area contributed by atoms with E-state index >= 15 is 0 Å². The van der Waals surface area contributed by atoms with E-state index in [1.54, 1.807) is 0 Å². The fourth-order valence-electron chi connectivity index (χ4n) is 3.34. The summed E-state index contributed by atoms with van der Waals surface area (Å²) in [6.45, 7) is 1.99. The Morgan fingerprint density at radius 2 is 2.04 bits per heavy atom. The minimum absolute atomic E-state index is 0.0502. The van der Waals surface area contributed by atoms with E-state index in [4.69, 9.17) is 11.6 Å². The zero-order valence-corrected chi connectivity index (χ0v) is 13.0. The van der Waals surface area contributed by atoms with Crippen LogP contribution in [0.25, 0.3) is 10.8 Å². The van der Waals surface area contributed by atoms with Gasteiger partial charge < -0.3 is 5.32 Å². The molecule has 23 heavy (non-hydrogen) atoms. The molecule has 0 amide bonds. The second-order valence-corrected chi connectivity index (χ2v) is 6.15. The molecule has 3 aromatic rings. The van der Waals surface area contributed by atoms with Crippen molar-refractivity contribution >= 4 is 28.1 Å². The van der Waals surface area contributed by atoms with E-state index in [1.807, 2.05) is 31.2 Å². The number of anilines is 1. The van der Waals surface area contributed by atoms with Gasteiger partial charge in [-0.1, -0.05) is 29.8 Å². The van der Waals surface area contributed by atoms with Crippen LogP contribution in [0.1, 0.15) is 24.1 Å². The number of benzene rings is 2. The molecular weight excluding hydrogens is 317 g/mol. The Morgan fingerprint density at radius 3 is 2.83 bits per heavy atom. The lowest BCUT2D eigenvalue weighted by Crippen LogP contribution is -2.32. The van der Waals surface area contributed by atoms with E-state index in [0.717, 1.165) is 5.56 Å². The smallest absolute Gasteiger partial charge is 0.272 e. The van der Waals surface area contributed by atoms with Crippen molar-refractivity contribution in [1.29, 1.82) is 0 Å². The molecule has 2 unspecified atom stereocenters. The summed E-state index contributed by atoms with van der Waals surface area (Å²) in [6.07, 6.45) is 0. The van der Waals surface area contributed by atoms with Gasteiger partial charge in [0.25, 0.3) is 5.56 Å². The summed E-state index contributed by atoms with van der Waals surface area (Å²) in [7, 11) is 0. The number of nitrogens with one attached hydrogen (secondary N) is 2. The Kier molecular flexibility index (Phi) is 3.13. The van der Waals surface area contributed by atoms with Crippen LogP contribution < -0.4 is 10.9 Å². The standard InChI is InChI=1S/C17H13ClFN3O/c1-8-14(10-4-2-3-5-12(10)18)16-15-11(17(23)22-21-16)6-9(19)7-13(15)20-8/h2-8,14,20H,1H3,(H,22,23). The Labute approximate surface area is 136 Å². The monoisotopic (exact) mass is 329 g/mol. The van der Waals surface area contributed by atoms with Crippen LogP contribution >= 0.6 is 11.6 Å². The van der Waals surface area contributed by atoms with Gasteiger partial charge >= 0.3 is 0 Å². The zero-order valence-electron chi connectivity index (χ0n) is 12.2. The number of H-pyrrole nitrogens is 1. The first-order valence-corrected chi connectivity index (χ1v) is 7.67. The number of aromatic nitrogens is 2. The van der Waals surface area contributed by atoms with Gasteiger partial charge in [-0.15, -0.1) is 0 Å². The van der Waals surface area contributed by atoms with Crippen LogP contribution in [0, 0.1) is 5.82 Å². The van der Waals surface area contributed by atoms with E-state index in [-0.39, 0.29) is 12.0 Å². The molecule has 0 saturated heterocycles. The minimum atomic E-state index is -0.453. The maximum absolute atomic E-state index is 13.8. The first kappa shape index (κ1) is 14.2. The molecular formula is C17H13ClFN3O. The number of nitrogens with zero attached hydrogens (tertiary/aromatic N) is 1. The largest absolute Gasteiger partial charge is 0.381 e. The average Bonchev–Trinajstić information content (AvgIpc) is 2.51. The summed E-state index contributed by atoms with van der Waals surface area (Å²) in [6, 6.07) is 10.1. The molecule has 4 rings (SSSR count). The third-order valence-corrected chi connectivity index (χ3v) is 4.64. The molecule has 0 aliphatic carbocycles. The van der Waals surface area contributed by atoms with Crippen LogP contribution in [0.2, 0.25) is 5.02 Å². The summed E-state index contributed by atoms with van der Waals surface area (Å²) in [5, 5.41) is 11.6. The Balaban J connectivity index is 2.07. The van der Waals surface area contributed by atoms with E-state index < -0.39 is 11.4 Å². The summed E-state index contributed by atoms with van der Waals surface area (Å²) < 4.78 is 13.8. The molecule has 0 radical (unpaired) electrons. The second-order valence-electron chi connectivity index (χ2n) is 5.75. The van der Waals surface area contributed by atoms with E-state index in [0.29, 0.717) is 27.2 Å².